The van der Waals surface area contributed by atoms with Gasteiger partial charge in [0.2, 0.25) is 5.91 Å². The molecule has 0 rings (SSSR count). The number of carbonyl (C=O) groups is 1. The van der Waals surface area contributed by atoms with Crippen molar-refractivity contribution in [2.75, 3.05) is 0 Å². The molecule has 0 bridgehead atoms. The fourth-order valence-electron chi connectivity index (χ4n) is 0.679. The maximum atomic E-state index is 10.5. The van der Waals surface area contributed by atoms with Crippen LogP contribution in [0.15, 0.2) is 11.6 Å². The Kier molecular flexibility index (Phi) is 3.76. The van der Waals surface area contributed by atoms with Crippen LogP contribution in [0.2, 0.25) is 0 Å². The number of hydrogen-bond donors (Lipinski definition) is 1. The SMILES string of the molecule is C/C=C(\CCC)C(N)=O. The molecule has 0 spiro atoms. The molecule has 0 aliphatic rings. The van der Waals surface area contributed by atoms with Crippen molar-refractivity contribution in [1.29, 1.82) is 0 Å². The molecule has 2 heteroatoms. The molecule has 0 aromatic carbocycles. The summed E-state index contributed by atoms with van der Waals surface area (Å²) in [6, 6.07) is 0. The third-order valence-electron chi connectivity index (χ3n) is 1.18. The van der Waals surface area contributed by atoms with E-state index in [1.807, 2.05) is 13.8 Å². The van der Waals surface area contributed by atoms with Crippen molar-refractivity contribution in [3.63, 3.8) is 0 Å². The zero-order chi connectivity index (χ0) is 7.28. The maximum absolute atomic E-state index is 10.5. The van der Waals surface area contributed by atoms with E-state index in [2.05, 4.69) is 0 Å². The summed E-state index contributed by atoms with van der Waals surface area (Å²) in [6.07, 6.45) is 3.54. The highest BCUT2D eigenvalue weighted by Gasteiger charge is 1.99. The first-order valence-electron chi connectivity index (χ1n) is 3.17. The lowest BCUT2D eigenvalue weighted by Gasteiger charge is -1.96. The van der Waals surface area contributed by atoms with Gasteiger partial charge in [-0.15, -0.1) is 0 Å². The third-order valence-corrected chi connectivity index (χ3v) is 1.18. The van der Waals surface area contributed by atoms with E-state index < -0.39 is 0 Å². The molecule has 2 N–H and O–H groups in total. The topological polar surface area (TPSA) is 43.1 Å². The van der Waals surface area contributed by atoms with Crippen LogP contribution in [0, 0.1) is 0 Å². The number of primary amides is 1. The smallest absolute Gasteiger partial charge is 0.244 e. The van der Waals surface area contributed by atoms with E-state index in [0.717, 1.165) is 18.4 Å². The second-order valence-electron chi connectivity index (χ2n) is 1.93. The van der Waals surface area contributed by atoms with Crippen molar-refractivity contribution >= 4 is 5.91 Å². The summed E-state index contributed by atoms with van der Waals surface area (Å²) in [6.45, 7) is 3.85. The van der Waals surface area contributed by atoms with E-state index in [9.17, 15) is 4.79 Å². The number of hydrogen-bond acceptors (Lipinski definition) is 1. The van der Waals surface area contributed by atoms with Gasteiger partial charge in [0.25, 0.3) is 0 Å². The number of amides is 1. The van der Waals surface area contributed by atoms with Crippen LogP contribution in [0.5, 0.6) is 0 Å². The first-order chi connectivity index (χ1) is 4.22. The average molecular weight is 127 g/mol. The Hall–Kier alpha value is -0.790. The Bertz CT molecular complexity index is 127. The highest BCUT2D eigenvalue weighted by molar-refractivity contribution is 5.91. The first kappa shape index (κ1) is 8.21. The van der Waals surface area contributed by atoms with Crippen molar-refractivity contribution < 1.29 is 4.79 Å². The number of allylic oxidation sites excluding steroid dienone is 1. The minimum absolute atomic E-state index is 0.292. The van der Waals surface area contributed by atoms with Gasteiger partial charge in [0.15, 0.2) is 0 Å². The second-order valence-corrected chi connectivity index (χ2v) is 1.93. The highest BCUT2D eigenvalue weighted by Crippen LogP contribution is 2.01. The van der Waals surface area contributed by atoms with Crippen molar-refractivity contribution in [2.45, 2.75) is 26.7 Å². The Morgan fingerprint density at radius 1 is 1.67 bits per heavy atom. The molecule has 0 saturated carbocycles. The van der Waals surface area contributed by atoms with Gasteiger partial charge in [-0.05, 0) is 13.3 Å². The van der Waals surface area contributed by atoms with Gasteiger partial charge in [-0.2, -0.15) is 0 Å². The van der Waals surface area contributed by atoms with Crippen LogP contribution in [0.4, 0.5) is 0 Å². The standard InChI is InChI=1S/C7H13NO/c1-3-5-6(4-2)7(8)9/h4H,3,5H2,1-2H3,(H2,8,9)/b6-4+. The normalized spacial score (nSPS) is 11.6. The largest absolute Gasteiger partial charge is 0.366 e. The van der Waals surface area contributed by atoms with E-state index >= 15 is 0 Å². The molecule has 0 heterocycles. The van der Waals surface area contributed by atoms with Crippen LogP contribution in [-0.4, -0.2) is 5.91 Å². The van der Waals surface area contributed by atoms with Gasteiger partial charge in [0.1, 0.15) is 0 Å². The van der Waals surface area contributed by atoms with Crippen LogP contribution < -0.4 is 5.73 Å². The van der Waals surface area contributed by atoms with Gasteiger partial charge in [-0.25, -0.2) is 0 Å². The van der Waals surface area contributed by atoms with E-state index in [1.165, 1.54) is 0 Å². The van der Waals surface area contributed by atoms with Gasteiger partial charge in [0.05, 0.1) is 0 Å². The molecular formula is C7H13NO. The van der Waals surface area contributed by atoms with Crippen molar-refractivity contribution in [2.24, 2.45) is 5.73 Å². The molecular weight excluding hydrogens is 114 g/mol. The fourth-order valence-corrected chi connectivity index (χ4v) is 0.679. The molecule has 1 amide bonds. The molecule has 0 aromatic heterocycles. The van der Waals surface area contributed by atoms with Crippen LogP contribution in [-0.2, 0) is 4.79 Å². The molecule has 0 aliphatic heterocycles. The molecule has 0 aliphatic carbocycles. The lowest BCUT2D eigenvalue weighted by atomic mass is 10.1. The molecule has 0 radical (unpaired) electrons. The molecule has 9 heavy (non-hydrogen) atoms. The van der Waals surface area contributed by atoms with Crippen LogP contribution in [0.3, 0.4) is 0 Å². The van der Waals surface area contributed by atoms with E-state index in [1.54, 1.807) is 6.08 Å². The summed E-state index contributed by atoms with van der Waals surface area (Å²) in [7, 11) is 0. The van der Waals surface area contributed by atoms with Gasteiger partial charge in [-0.3, -0.25) is 4.79 Å². The quantitative estimate of drug-likeness (QED) is 0.569. The fraction of sp³-hybridized carbons (Fsp3) is 0.571. The number of rotatable bonds is 3. The highest BCUT2D eigenvalue weighted by atomic mass is 16.1. The Morgan fingerprint density at radius 3 is 2.33 bits per heavy atom. The Labute approximate surface area is 55.7 Å². The molecule has 0 unspecified atom stereocenters. The summed E-state index contributed by atoms with van der Waals surface area (Å²) in [5.41, 5.74) is 5.76. The van der Waals surface area contributed by atoms with E-state index in [4.69, 9.17) is 5.73 Å². The summed E-state index contributed by atoms with van der Waals surface area (Å²) in [5.74, 6) is -0.292. The molecule has 0 aromatic rings. The lowest BCUT2D eigenvalue weighted by Crippen LogP contribution is -2.13. The molecule has 52 valence electrons. The van der Waals surface area contributed by atoms with Gasteiger partial charge in [-0.1, -0.05) is 19.4 Å². The van der Waals surface area contributed by atoms with E-state index in [0.29, 0.717) is 0 Å². The molecule has 0 fully saturated rings. The summed E-state index contributed by atoms with van der Waals surface area (Å²) in [5, 5.41) is 0. The van der Waals surface area contributed by atoms with E-state index in [-0.39, 0.29) is 5.91 Å². The molecule has 0 saturated heterocycles. The lowest BCUT2D eigenvalue weighted by molar-refractivity contribution is -0.114. The summed E-state index contributed by atoms with van der Waals surface area (Å²) in [4.78, 5) is 10.5. The minimum Gasteiger partial charge on any atom is -0.366 e. The summed E-state index contributed by atoms with van der Waals surface area (Å²) < 4.78 is 0. The zero-order valence-electron chi connectivity index (χ0n) is 5.98. The predicted octanol–water partition coefficient (Wildman–Crippen LogP) is 1.22. The third kappa shape index (κ3) is 2.90. The van der Waals surface area contributed by atoms with Crippen molar-refractivity contribution in [1.82, 2.24) is 0 Å². The van der Waals surface area contributed by atoms with Crippen molar-refractivity contribution in [3.8, 4) is 0 Å². The average Bonchev–Trinajstić information content (AvgIpc) is 1.82. The van der Waals surface area contributed by atoms with Crippen LogP contribution >= 0.6 is 0 Å². The molecule has 0 atom stereocenters. The predicted molar refractivity (Wildman–Crippen MR) is 37.9 cm³/mol. The van der Waals surface area contributed by atoms with Crippen LogP contribution in [0.25, 0.3) is 0 Å². The number of carbonyl (C=O) groups excluding carboxylic acids is 1. The zero-order valence-corrected chi connectivity index (χ0v) is 5.98. The first-order valence-corrected chi connectivity index (χ1v) is 3.17. The second kappa shape index (κ2) is 4.13. The summed E-state index contributed by atoms with van der Waals surface area (Å²) >= 11 is 0. The van der Waals surface area contributed by atoms with Crippen molar-refractivity contribution in [3.05, 3.63) is 11.6 Å². The Balaban J connectivity index is 3.85. The maximum Gasteiger partial charge on any atom is 0.244 e. The number of nitrogens with two attached hydrogens (primary N) is 1. The minimum atomic E-state index is -0.292. The van der Waals surface area contributed by atoms with Gasteiger partial charge < -0.3 is 5.73 Å². The van der Waals surface area contributed by atoms with Gasteiger partial charge in [0, 0.05) is 5.57 Å². The van der Waals surface area contributed by atoms with Gasteiger partial charge >= 0.3 is 0 Å². The van der Waals surface area contributed by atoms with Crippen LogP contribution in [0.1, 0.15) is 26.7 Å². The molecule has 2 nitrogen and oxygen atoms in total. The Morgan fingerprint density at radius 2 is 2.22 bits per heavy atom. The monoisotopic (exact) mass is 127 g/mol.